The Hall–Kier alpha value is -1.24. The van der Waals surface area contributed by atoms with Gasteiger partial charge < -0.3 is 5.32 Å². The van der Waals surface area contributed by atoms with Gasteiger partial charge >= 0.3 is 0 Å². The van der Waals surface area contributed by atoms with Crippen molar-refractivity contribution in [2.75, 3.05) is 5.32 Å². The van der Waals surface area contributed by atoms with Crippen LogP contribution in [0.15, 0.2) is 30.9 Å². The minimum Gasteiger partial charge on any atom is -0.376 e. The van der Waals surface area contributed by atoms with Crippen LogP contribution >= 0.6 is 0 Å². The molecule has 0 saturated heterocycles. The highest BCUT2D eigenvalue weighted by molar-refractivity contribution is 5.58. The first-order valence-corrected chi connectivity index (χ1v) is 4.94. The molecular weight excluding hydrogens is 170 g/mol. The molecule has 0 fully saturated rings. The Balaban J connectivity index is 3.02. The molecule has 1 aromatic carbocycles. The Labute approximate surface area is 86.8 Å². The van der Waals surface area contributed by atoms with E-state index in [0.717, 1.165) is 0 Å². The van der Waals surface area contributed by atoms with Crippen LogP contribution in [-0.2, 0) is 0 Å². The van der Waals surface area contributed by atoms with Crippen molar-refractivity contribution in [3.05, 3.63) is 42.0 Å². The smallest absolute Gasteiger partial charge is 0.0497 e. The molecular formula is C13H19N. The second kappa shape index (κ2) is 3.87. The van der Waals surface area contributed by atoms with E-state index in [1.54, 1.807) is 0 Å². The Bertz CT molecular complexity index is 317. The van der Waals surface area contributed by atoms with Crippen molar-refractivity contribution in [3.63, 3.8) is 0 Å². The van der Waals surface area contributed by atoms with Crippen molar-refractivity contribution in [2.24, 2.45) is 0 Å². The molecule has 0 unspecified atom stereocenters. The van der Waals surface area contributed by atoms with Crippen LogP contribution in [0.4, 0.5) is 5.69 Å². The Morgan fingerprint density at radius 1 is 1.21 bits per heavy atom. The minimum absolute atomic E-state index is 0.0587. The van der Waals surface area contributed by atoms with E-state index in [2.05, 4.69) is 57.8 Å². The van der Waals surface area contributed by atoms with Crippen LogP contribution in [0.3, 0.4) is 0 Å². The second-order valence-corrected chi connectivity index (χ2v) is 4.32. The molecule has 1 aromatic rings. The summed E-state index contributed by atoms with van der Waals surface area (Å²) >= 11 is 0. The van der Waals surface area contributed by atoms with Crippen LogP contribution < -0.4 is 5.32 Å². The predicted octanol–water partition coefficient (Wildman–Crippen LogP) is 3.68. The highest BCUT2D eigenvalue weighted by atomic mass is 15.0. The van der Waals surface area contributed by atoms with Gasteiger partial charge in [0.05, 0.1) is 0 Å². The monoisotopic (exact) mass is 189 g/mol. The minimum atomic E-state index is -0.0587. The maximum atomic E-state index is 3.83. The largest absolute Gasteiger partial charge is 0.376 e. The fourth-order valence-electron chi connectivity index (χ4n) is 1.38. The first-order chi connectivity index (χ1) is 6.46. The molecule has 0 atom stereocenters. The quantitative estimate of drug-likeness (QED) is 0.715. The van der Waals surface area contributed by atoms with Crippen LogP contribution in [0, 0.1) is 13.8 Å². The summed E-state index contributed by atoms with van der Waals surface area (Å²) in [6.07, 6.45) is 1.93. The molecule has 1 rings (SSSR count). The number of hydrogen-bond donors (Lipinski definition) is 1. The lowest BCUT2D eigenvalue weighted by Crippen LogP contribution is -2.28. The van der Waals surface area contributed by atoms with Gasteiger partial charge in [0.2, 0.25) is 0 Å². The maximum absolute atomic E-state index is 3.83. The van der Waals surface area contributed by atoms with Gasteiger partial charge in [-0.1, -0.05) is 24.3 Å². The zero-order chi connectivity index (χ0) is 10.8. The molecule has 0 saturated carbocycles. The maximum Gasteiger partial charge on any atom is 0.0497 e. The van der Waals surface area contributed by atoms with Crippen LogP contribution in [0.2, 0.25) is 0 Å². The number of benzene rings is 1. The van der Waals surface area contributed by atoms with Crippen LogP contribution in [0.5, 0.6) is 0 Å². The van der Waals surface area contributed by atoms with E-state index >= 15 is 0 Å². The SMILES string of the molecule is C=CC(C)(C)Nc1c(C)cccc1C. The standard InChI is InChI=1S/C13H19N/c1-6-13(4,5)14-12-10(2)8-7-9-11(12)3/h6-9,14H,1H2,2-5H3. The summed E-state index contributed by atoms with van der Waals surface area (Å²) in [6.45, 7) is 12.3. The average Bonchev–Trinajstić information content (AvgIpc) is 2.12. The van der Waals surface area contributed by atoms with Gasteiger partial charge in [-0.05, 0) is 38.8 Å². The van der Waals surface area contributed by atoms with E-state index < -0.39 is 0 Å². The van der Waals surface area contributed by atoms with E-state index in [0.29, 0.717) is 0 Å². The topological polar surface area (TPSA) is 12.0 Å². The third kappa shape index (κ3) is 2.38. The number of rotatable bonds is 3. The van der Waals surface area contributed by atoms with Gasteiger partial charge in [0.25, 0.3) is 0 Å². The van der Waals surface area contributed by atoms with Gasteiger partial charge in [0.15, 0.2) is 0 Å². The van der Waals surface area contributed by atoms with Crippen LogP contribution in [0.25, 0.3) is 0 Å². The van der Waals surface area contributed by atoms with Gasteiger partial charge in [0, 0.05) is 11.2 Å². The predicted molar refractivity (Wildman–Crippen MR) is 63.8 cm³/mol. The van der Waals surface area contributed by atoms with Crippen LogP contribution in [0.1, 0.15) is 25.0 Å². The van der Waals surface area contributed by atoms with Crippen molar-refractivity contribution in [1.82, 2.24) is 0 Å². The molecule has 76 valence electrons. The number of nitrogens with one attached hydrogen (secondary N) is 1. The van der Waals surface area contributed by atoms with Crippen molar-refractivity contribution in [2.45, 2.75) is 33.2 Å². The molecule has 1 nitrogen and oxygen atoms in total. The molecule has 0 aromatic heterocycles. The first-order valence-electron chi connectivity index (χ1n) is 4.94. The summed E-state index contributed by atoms with van der Waals surface area (Å²) in [5, 5.41) is 3.49. The summed E-state index contributed by atoms with van der Waals surface area (Å²) in [7, 11) is 0. The van der Waals surface area contributed by atoms with E-state index in [-0.39, 0.29) is 5.54 Å². The van der Waals surface area contributed by atoms with Crippen molar-refractivity contribution >= 4 is 5.69 Å². The Morgan fingerprint density at radius 2 is 1.71 bits per heavy atom. The summed E-state index contributed by atoms with van der Waals surface area (Å²) < 4.78 is 0. The van der Waals surface area contributed by atoms with Gasteiger partial charge in [0.1, 0.15) is 0 Å². The van der Waals surface area contributed by atoms with Gasteiger partial charge in [-0.15, -0.1) is 6.58 Å². The number of para-hydroxylation sites is 1. The number of aryl methyl sites for hydroxylation is 2. The molecule has 0 aliphatic carbocycles. The second-order valence-electron chi connectivity index (χ2n) is 4.32. The lowest BCUT2D eigenvalue weighted by atomic mass is 10.0. The van der Waals surface area contributed by atoms with E-state index in [9.17, 15) is 0 Å². The van der Waals surface area contributed by atoms with E-state index in [1.165, 1.54) is 16.8 Å². The lowest BCUT2D eigenvalue weighted by Gasteiger charge is -2.25. The highest BCUT2D eigenvalue weighted by Crippen LogP contribution is 2.23. The molecule has 0 aliphatic heterocycles. The molecule has 0 heterocycles. The molecule has 0 spiro atoms. The molecule has 1 heteroatoms. The normalized spacial score (nSPS) is 11.1. The van der Waals surface area contributed by atoms with Gasteiger partial charge in [-0.3, -0.25) is 0 Å². The summed E-state index contributed by atoms with van der Waals surface area (Å²) in [4.78, 5) is 0. The molecule has 0 amide bonds. The van der Waals surface area contributed by atoms with Crippen molar-refractivity contribution < 1.29 is 0 Å². The average molecular weight is 189 g/mol. The molecule has 0 bridgehead atoms. The third-order valence-electron chi connectivity index (χ3n) is 2.44. The Morgan fingerprint density at radius 3 is 2.14 bits per heavy atom. The Kier molecular flexibility index (Phi) is 3.00. The fraction of sp³-hybridized carbons (Fsp3) is 0.385. The van der Waals surface area contributed by atoms with Crippen LogP contribution in [-0.4, -0.2) is 5.54 Å². The zero-order valence-corrected chi connectivity index (χ0v) is 9.52. The molecule has 0 radical (unpaired) electrons. The third-order valence-corrected chi connectivity index (χ3v) is 2.44. The molecule has 14 heavy (non-hydrogen) atoms. The van der Waals surface area contributed by atoms with Crippen molar-refractivity contribution in [3.8, 4) is 0 Å². The highest BCUT2D eigenvalue weighted by Gasteiger charge is 2.14. The molecule has 1 N–H and O–H groups in total. The summed E-state index contributed by atoms with van der Waals surface area (Å²) in [6, 6.07) is 6.32. The van der Waals surface area contributed by atoms with E-state index in [1.807, 2.05) is 6.08 Å². The lowest BCUT2D eigenvalue weighted by molar-refractivity contribution is 0.712. The number of anilines is 1. The fourth-order valence-corrected chi connectivity index (χ4v) is 1.38. The zero-order valence-electron chi connectivity index (χ0n) is 9.52. The van der Waals surface area contributed by atoms with E-state index in [4.69, 9.17) is 0 Å². The van der Waals surface area contributed by atoms with Gasteiger partial charge in [-0.2, -0.15) is 0 Å². The first kappa shape index (κ1) is 10.8. The summed E-state index contributed by atoms with van der Waals surface area (Å²) in [5.41, 5.74) is 3.72. The van der Waals surface area contributed by atoms with Gasteiger partial charge in [-0.25, -0.2) is 0 Å². The number of hydrogen-bond acceptors (Lipinski definition) is 1. The van der Waals surface area contributed by atoms with Crippen molar-refractivity contribution in [1.29, 1.82) is 0 Å². The summed E-state index contributed by atoms with van der Waals surface area (Å²) in [5.74, 6) is 0. The molecule has 0 aliphatic rings.